The fourth-order valence-corrected chi connectivity index (χ4v) is 3.76. The summed E-state index contributed by atoms with van der Waals surface area (Å²) in [6, 6.07) is 5.54. The summed E-state index contributed by atoms with van der Waals surface area (Å²) in [6.07, 6.45) is 9.02. The molecule has 18 heavy (non-hydrogen) atoms. The van der Waals surface area contributed by atoms with Crippen LogP contribution in [0.3, 0.4) is 0 Å². The van der Waals surface area contributed by atoms with Crippen LogP contribution < -0.4 is 5.73 Å². The summed E-state index contributed by atoms with van der Waals surface area (Å²) in [5.74, 6) is 0.915. The summed E-state index contributed by atoms with van der Waals surface area (Å²) in [5, 5.41) is 0. The molecule has 1 aromatic heterocycles. The third kappa shape index (κ3) is 2.06. The van der Waals surface area contributed by atoms with Gasteiger partial charge in [-0.1, -0.05) is 13.0 Å². The van der Waals surface area contributed by atoms with Crippen molar-refractivity contribution >= 4 is 0 Å². The van der Waals surface area contributed by atoms with Crippen LogP contribution in [0.5, 0.6) is 0 Å². The zero-order valence-corrected chi connectivity index (χ0v) is 11.1. The zero-order valence-electron chi connectivity index (χ0n) is 11.1. The number of piperidine rings is 1. The maximum Gasteiger partial charge on any atom is 0.0517 e. The van der Waals surface area contributed by atoms with Crippen LogP contribution in [0, 0.1) is 5.92 Å². The molecule has 2 N–H and O–H groups in total. The van der Waals surface area contributed by atoms with Crippen molar-refractivity contribution in [2.75, 3.05) is 6.54 Å². The Bertz CT molecular complexity index is 392. The summed E-state index contributed by atoms with van der Waals surface area (Å²) >= 11 is 0. The van der Waals surface area contributed by atoms with Crippen molar-refractivity contribution in [2.45, 2.75) is 50.7 Å². The van der Waals surface area contributed by atoms with Crippen molar-refractivity contribution in [1.29, 1.82) is 0 Å². The molecule has 2 aliphatic rings. The monoisotopic (exact) mass is 245 g/mol. The van der Waals surface area contributed by atoms with E-state index in [4.69, 9.17) is 5.73 Å². The lowest BCUT2D eigenvalue weighted by Gasteiger charge is -2.38. The second kappa shape index (κ2) is 4.98. The molecule has 1 saturated carbocycles. The predicted molar refractivity (Wildman–Crippen MR) is 73.1 cm³/mol. The van der Waals surface area contributed by atoms with Crippen molar-refractivity contribution in [3.8, 4) is 0 Å². The molecule has 1 aliphatic heterocycles. The van der Waals surface area contributed by atoms with Gasteiger partial charge in [0, 0.05) is 31.0 Å². The number of hydrogen-bond acceptors (Lipinski definition) is 3. The van der Waals surface area contributed by atoms with Crippen LogP contribution in [-0.4, -0.2) is 28.5 Å². The summed E-state index contributed by atoms with van der Waals surface area (Å²) in [5.41, 5.74) is 7.68. The molecule has 0 amide bonds. The Kier molecular flexibility index (Phi) is 3.35. The number of rotatable bonds is 4. The van der Waals surface area contributed by atoms with E-state index in [1.54, 1.807) is 0 Å². The molecule has 3 nitrogen and oxygen atoms in total. The van der Waals surface area contributed by atoms with Gasteiger partial charge in [0.1, 0.15) is 0 Å². The molecule has 4 atom stereocenters. The van der Waals surface area contributed by atoms with Gasteiger partial charge < -0.3 is 5.73 Å². The molecular formula is C15H23N3. The fourth-order valence-electron chi connectivity index (χ4n) is 3.76. The Balaban J connectivity index is 1.87. The number of aromatic nitrogens is 1. The molecule has 1 aromatic rings. The van der Waals surface area contributed by atoms with Crippen LogP contribution in [0.25, 0.3) is 0 Å². The van der Waals surface area contributed by atoms with Crippen LogP contribution in [-0.2, 0) is 0 Å². The third-order valence-corrected chi connectivity index (χ3v) is 4.71. The van der Waals surface area contributed by atoms with Gasteiger partial charge in [-0.15, -0.1) is 0 Å². The van der Waals surface area contributed by atoms with Crippen molar-refractivity contribution < 1.29 is 0 Å². The molecule has 0 radical (unpaired) electrons. The van der Waals surface area contributed by atoms with Gasteiger partial charge >= 0.3 is 0 Å². The first-order valence-electron chi connectivity index (χ1n) is 7.20. The molecule has 0 aromatic carbocycles. The van der Waals surface area contributed by atoms with E-state index in [2.05, 4.69) is 22.9 Å². The number of likely N-dealkylation sites (tertiary alicyclic amines) is 1. The highest BCUT2D eigenvalue weighted by Gasteiger charge is 2.42. The van der Waals surface area contributed by atoms with Crippen LogP contribution in [0.2, 0.25) is 0 Å². The molecule has 0 spiro atoms. The van der Waals surface area contributed by atoms with Gasteiger partial charge in [0.05, 0.1) is 6.04 Å². The lowest BCUT2D eigenvalue weighted by Crippen LogP contribution is -2.44. The average Bonchev–Trinajstić information content (AvgIpc) is 3.02. The molecule has 2 heterocycles. The fraction of sp³-hybridized carbons (Fsp3) is 0.667. The Hall–Kier alpha value is -0.930. The van der Waals surface area contributed by atoms with Crippen LogP contribution in [0.4, 0.5) is 0 Å². The van der Waals surface area contributed by atoms with Crippen molar-refractivity contribution in [3.05, 3.63) is 30.1 Å². The van der Waals surface area contributed by atoms with Crippen LogP contribution in [0.1, 0.15) is 44.2 Å². The minimum Gasteiger partial charge on any atom is -0.326 e. The molecule has 1 saturated heterocycles. The third-order valence-electron chi connectivity index (χ3n) is 4.71. The van der Waals surface area contributed by atoms with Crippen molar-refractivity contribution in [3.63, 3.8) is 0 Å². The number of nitrogens with two attached hydrogens (primary N) is 1. The first kappa shape index (κ1) is 12.1. The highest BCUT2D eigenvalue weighted by atomic mass is 15.2. The van der Waals surface area contributed by atoms with E-state index in [-0.39, 0.29) is 6.04 Å². The predicted octanol–water partition coefficient (Wildman–Crippen LogP) is 2.34. The molecule has 2 fully saturated rings. The van der Waals surface area contributed by atoms with Gasteiger partial charge in [-0.05, 0) is 43.2 Å². The van der Waals surface area contributed by atoms with E-state index in [0.29, 0.717) is 6.04 Å². The average molecular weight is 245 g/mol. The summed E-state index contributed by atoms with van der Waals surface area (Å²) in [6.45, 7) is 3.42. The van der Waals surface area contributed by atoms with Gasteiger partial charge in [0.15, 0.2) is 0 Å². The number of fused-ring (bicyclic) bond motifs is 2. The Labute approximate surface area is 109 Å². The van der Waals surface area contributed by atoms with E-state index >= 15 is 0 Å². The second-order valence-electron chi connectivity index (χ2n) is 5.83. The lowest BCUT2D eigenvalue weighted by molar-refractivity contribution is 0.127. The molecule has 1 aliphatic carbocycles. The van der Waals surface area contributed by atoms with Gasteiger partial charge in [-0.3, -0.25) is 9.88 Å². The van der Waals surface area contributed by atoms with Crippen LogP contribution in [0.15, 0.2) is 24.5 Å². The lowest BCUT2D eigenvalue weighted by atomic mass is 9.95. The summed E-state index contributed by atoms with van der Waals surface area (Å²) in [7, 11) is 0. The van der Waals surface area contributed by atoms with E-state index in [1.807, 2.05) is 18.5 Å². The quantitative estimate of drug-likeness (QED) is 0.885. The Morgan fingerprint density at radius 2 is 2.39 bits per heavy atom. The smallest absolute Gasteiger partial charge is 0.0517 e. The topological polar surface area (TPSA) is 42.1 Å². The van der Waals surface area contributed by atoms with E-state index < -0.39 is 0 Å². The standard InChI is InChI=1S/C15H23N3/c1-2-14(16)15(12-4-3-7-17-9-12)18-10-11-5-6-13(18)8-11/h3-4,7,9,11,13-15H,2,5-6,8,10,16H2,1H3. The zero-order chi connectivity index (χ0) is 12.5. The van der Waals surface area contributed by atoms with E-state index in [1.165, 1.54) is 31.4 Å². The number of hydrogen-bond donors (Lipinski definition) is 1. The molecule has 98 valence electrons. The molecule has 3 heteroatoms. The highest BCUT2D eigenvalue weighted by Crippen LogP contribution is 2.42. The molecule has 4 unspecified atom stereocenters. The minimum atomic E-state index is 0.216. The van der Waals surface area contributed by atoms with Gasteiger partial charge in [0.2, 0.25) is 0 Å². The molecule has 3 rings (SSSR count). The first-order valence-corrected chi connectivity index (χ1v) is 7.20. The minimum absolute atomic E-state index is 0.216. The van der Waals surface area contributed by atoms with Gasteiger partial charge in [-0.2, -0.15) is 0 Å². The maximum atomic E-state index is 6.39. The molecular weight excluding hydrogens is 222 g/mol. The Morgan fingerprint density at radius 1 is 1.50 bits per heavy atom. The van der Waals surface area contributed by atoms with Crippen LogP contribution >= 0.6 is 0 Å². The first-order chi connectivity index (χ1) is 8.79. The van der Waals surface area contributed by atoms with E-state index in [9.17, 15) is 0 Å². The normalized spacial score (nSPS) is 30.6. The van der Waals surface area contributed by atoms with Crippen molar-refractivity contribution in [2.24, 2.45) is 11.7 Å². The van der Waals surface area contributed by atoms with Gasteiger partial charge in [0.25, 0.3) is 0 Å². The summed E-state index contributed by atoms with van der Waals surface area (Å²) in [4.78, 5) is 6.93. The maximum absolute atomic E-state index is 6.39. The second-order valence-corrected chi connectivity index (χ2v) is 5.83. The highest BCUT2D eigenvalue weighted by molar-refractivity contribution is 5.18. The number of pyridine rings is 1. The van der Waals surface area contributed by atoms with Gasteiger partial charge in [-0.25, -0.2) is 0 Å². The Morgan fingerprint density at radius 3 is 2.94 bits per heavy atom. The molecule has 2 bridgehead atoms. The van der Waals surface area contributed by atoms with E-state index in [0.717, 1.165) is 18.4 Å². The summed E-state index contributed by atoms with van der Waals surface area (Å²) < 4.78 is 0. The largest absolute Gasteiger partial charge is 0.326 e. The SMILES string of the molecule is CCC(N)C(c1cccnc1)N1CC2CCC1C2. The number of nitrogens with zero attached hydrogens (tertiary/aromatic N) is 2. The van der Waals surface area contributed by atoms with Crippen molar-refractivity contribution in [1.82, 2.24) is 9.88 Å².